The molecule has 0 radical (unpaired) electrons. The van der Waals surface area contributed by atoms with Crippen molar-refractivity contribution in [1.29, 1.82) is 0 Å². The number of carbonyl (C=O) groups is 1. The van der Waals surface area contributed by atoms with Gasteiger partial charge in [-0.3, -0.25) is 4.79 Å². The maximum atomic E-state index is 13.5. The fourth-order valence-electron chi connectivity index (χ4n) is 3.43. The number of hydrogen-bond donors (Lipinski definition) is 1. The van der Waals surface area contributed by atoms with Gasteiger partial charge in [0, 0.05) is 0 Å². The molecule has 0 amide bonds. The zero-order valence-corrected chi connectivity index (χ0v) is 14.7. The van der Waals surface area contributed by atoms with Crippen molar-refractivity contribution in [2.75, 3.05) is 5.32 Å². The van der Waals surface area contributed by atoms with Crippen LogP contribution in [-0.2, 0) is 10.2 Å². The van der Waals surface area contributed by atoms with Crippen LogP contribution in [0.4, 0.5) is 18.9 Å². The standard InChI is InChI=1S/C20H17ClF3NO/c1-13-5-4-6-14(11-13)19(12-20(22,23)24)17(9-10-18(19)26)25-16-8-3-2-7-15(16)21/h2-11,17,25H,12H2,1H3/t17-,19-/m1/s1. The zero-order valence-electron chi connectivity index (χ0n) is 14.0. The Kier molecular flexibility index (Phi) is 4.84. The van der Waals surface area contributed by atoms with E-state index in [0.717, 1.165) is 5.56 Å². The fourth-order valence-corrected chi connectivity index (χ4v) is 3.62. The average molecular weight is 380 g/mol. The summed E-state index contributed by atoms with van der Waals surface area (Å²) in [4.78, 5) is 12.7. The largest absolute Gasteiger partial charge is 0.390 e. The number of benzene rings is 2. The van der Waals surface area contributed by atoms with E-state index < -0.39 is 29.8 Å². The summed E-state index contributed by atoms with van der Waals surface area (Å²) >= 11 is 6.14. The lowest BCUT2D eigenvalue weighted by molar-refractivity contribution is -0.155. The number of alkyl halides is 3. The number of anilines is 1. The van der Waals surface area contributed by atoms with Gasteiger partial charge < -0.3 is 5.32 Å². The molecule has 0 aromatic heterocycles. The highest BCUT2D eigenvalue weighted by atomic mass is 35.5. The van der Waals surface area contributed by atoms with Crippen molar-refractivity contribution in [3.8, 4) is 0 Å². The van der Waals surface area contributed by atoms with E-state index in [0.29, 0.717) is 16.3 Å². The van der Waals surface area contributed by atoms with E-state index in [9.17, 15) is 18.0 Å². The number of para-hydroxylation sites is 1. The first-order chi connectivity index (χ1) is 12.2. The van der Waals surface area contributed by atoms with Gasteiger partial charge >= 0.3 is 6.18 Å². The van der Waals surface area contributed by atoms with Crippen molar-refractivity contribution in [3.05, 3.63) is 76.8 Å². The van der Waals surface area contributed by atoms with E-state index in [1.54, 1.807) is 55.5 Å². The molecule has 1 aliphatic carbocycles. The van der Waals surface area contributed by atoms with Gasteiger partial charge in [0.2, 0.25) is 0 Å². The molecule has 0 unspecified atom stereocenters. The number of carbonyl (C=O) groups excluding carboxylic acids is 1. The summed E-state index contributed by atoms with van der Waals surface area (Å²) in [5.74, 6) is -0.565. The third-order valence-electron chi connectivity index (χ3n) is 4.61. The number of hydrogen-bond acceptors (Lipinski definition) is 2. The second-order valence-electron chi connectivity index (χ2n) is 6.46. The van der Waals surface area contributed by atoms with Crippen LogP contribution in [0, 0.1) is 6.92 Å². The third-order valence-corrected chi connectivity index (χ3v) is 4.94. The van der Waals surface area contributed by atoms with Crippen LogP contribution in [0.5, 0.6) is 0 Å². The first kappa shape index (κ1) is 18.5. The Labute approximate surface area is 154 Å². The van der Waals surface area contributed by atoms with Gasteiger partial charge in [0.15, 0.2) is 5.78 Å². The quantitative estimate of drug-likeness (QED) is 0.764. The molecule has 2 nitrogen and oxygen atoms in total. The summed E-state index contributed by atoms with van der Waals surface area (Å²) in [7, 11) is 0. The number of nitrogens with one attached hydrogen (secondary N) is 1. The van der Waals surface area contributed by atoms with E-state index in [2.05, 4.69) is 5.32 Å². The Morgan fingerprint density at radius 2 is 1.88 bits per heavy atom. The van der Waals surface area contributed by atoms with E-state index >= 15 is 0 Å². The predicted octanol–water partition coefficient (Wildman–Crippen LogP) is 5.46. The highest BCUT2D eigenvalue weighted by Crippen LogP contribution is 2.45. The van der Waals surface area contributed by atoms with Gasteiger partial charge in [0.05, 0.1) is 28.6 Å². The van der Waals surface area contributed by atoms with Crippen LogP contribution in [0.25, 0.3) is 0 Å². The molecular formula is C20H17ClF3NO. The fraction of sp³-hybridized carbons (Fsp3) is 0.250. The molecule has 0 saturated carbocycles. The Morgan fingerprint density at radius 3 is 2.54 bits per heavy atom. The van der Waals surface area contributed by atoms with Gasteiger partial charge in [-0.05, 0) is 30.7 Å². The van der Waals surface area contributed by atoms with Crippen LogP contribution in [0.2, 0.25) is 5.02 Å². The minimum Gasteiger partial charge on any atom is -0.376 e. The second kappa shape index (κ2) is 6.80. The molecule has 0 saturated heterocycles. The summed E-state index contributed by atoms with van der Waals surface area (Å²) in [6, 6.07) is 12.6. The van der Waals surface area contributed by atoms with Gasteiger partial charge in [0.1, 0.15) is 0 Å². The van der Waals surface area contributed by atoms with E-state index in [-0.39, 0.29) is 0 Å². The van der Waals surface area contributed by atoms with Crippen molar-refractivity contribution >= 4 is 23.1 Å². The predicted molar refractivity (Wildman–Crippen MR) is 96.5 cm³/mol. The Balaban J connectivity index is 2.10. The molecule has 2 aromatic carbocycles. The third kappa shape index (κ3) is 3.49. The van der Waals surface area contributed by atoms with Gasteiger partial charge in [-0.2, -0.15) is 13.2 Å². The molecule has 3 rings (SSSR count). The normalized spacial score (nSPS) is 22.7. The molecule has 1 N–H and O–H groups in total. The number of allylic oxidation sites excluding steroid dienone is 1. The Morgan fingerprint density at radius 1 is 1.15 bits per heavy atom. The highest BCUT2D eigenvalue weighted by molar-refractivity contribution is 6.33. The topological polar surface area (TPSA) is 29.1 Å². The van der Waals surface area contributed by atoms with Crippen molar-refractivity contribution in [3.63, 3.8) is 0 Å². The van der Waals surface area contributed by atoms with Gasteiger partial charge in [0.25, 0.3) is 0 Å². The first-order valence-corrected chi connectivity index (χ1v) is 8.48. The Bertz CT molecular complexity index is 862. The minimum atomic E-state index is -4.51. The number of rotatable bonds is 4. The maximum Gasteiger partial charge on any atom is 0.390 e. The summed E-state index contributed by atoms with van der Waals surface area (Å²) < 4.78 is 40.4. The lowest BCUT2D eigenvalue weighted by Gasteiger charge is -2.36. The van der Waals surface area contributed by atoms with E-state index in [1.165, 1.54) is 12.2 Å². The maximum absolute atomic E-state index is 13.5. The van der Waals surface area contributed by atoms with Gasteiger partial charge in [-0.1, -0.05) is 59.6 Å². The van der Waals surface area contributed by atoms with Crippen LogP contribution in [0.1, 0.15) is 17.5 Å². The summed E-state index contributed by atoms with van der Waals surface area (Å²) in [6.07, 6.45) is -3.05. The van der Waals surface area contributed by atoms with Crippen LogP contribution < -0.4 is 5.32 Å². The minimum absolute atomic E-state index is 0.342. The van der Waals surface area contributed by atoms with Crippen LogP contribution >= 0.6 is 11.6 Å². The van der Waals surface area contributed by atoms with Crippen LogP contribution in [-0.4, -0.2) is 18.0 Å². The van der Waals surface area contributed by atoms with Crippen molar-refractivity contribution < 1.29 is 18.0 Å². The monoisotopic (exact) mass is 379 g/mol. The van der Waals surface area contributed by atoms with E-state index in [1.807, 2.05) is 0 Å². The molecule has 1 aliphatic rings. The summed E-state index contributed by atoms with van der Waals surface area (Å²) in [5, 5.41) is 3.41. The van der Waals surface area contributed by atoms with E-state index in [4.69, 9.17) is 11.6 Å². The number of aryl methyl sites for hydroxylation is 1. The van der Waals surface area contributed by atoms with Crippen molar-refractivity contribution in [1.82, 2.24) is 0 Å². The van der Waals surface area contributed by atoms with Crippen LogP contribution in [0.15, 0.2) is 60.7 Å². The Hall–Kier alpha value is -2.27. The molecule has 2 atom stereocenters. The van der Waals surface area contributed by atoms with Crippen molar-refractivity contribution in [2.24, 2.45) is 0 Å². The van der Waals surface area contributed by atoms with Crippen LogP contribution in [0.3, 0.4) is 0 Å². The SMILES string of the molecule is Cc1cccc([C@@]2(CC(F)(F)F)C(=O)C=C[C@H]2Nc2ccccc2Cl)c1. The van der Waals surface area contributed by atoms with Gasteiger partial charge in [-0.15, -0.1) is 0 Å². The summed E-state index contributed by atoms with van der Waals surface area (Å²) in [6.45, 7) is 1.79. The zero-order chi connectivity index (χ0) is 18.9. The van der Waals surface area contributed by atoms with Crippen molar-refractivity contribution in [2.45, 2.75) is 31.0 Å². The lowest BCUT2D eigenvalue weighted by Crippen LogP contribution is -2.48. The molecule has 136 valence electrons. The molecule has 0 bridgehead atoms. The molecule has 6 heteroatoms. The average Bonchev–Trinajstić information content (AvgIpc) is 2.85. The number of ketones is 1. The lowest BCUT2D eigenvalue weighted by atomic mass is 9.71. The smallest absolute Gasteiger partial charge is 0.376 e. The highest BCUT2D eigenvalue weighted by Gasteiger charge is 2.54. The first-order valence-electron chi connectivity index (χ1n) is 8.10. The second-order valence-corrected chi connectivity index (χ2v) is 6.87. The number of halogens is 4. The molecule has 2 aromatic rings. The molecule has 26 heavy (non-hydrogen) atoms. The van der Waals surface area contributed by atoms with Gasteiger partial charge in [-0.25, -0.2) is 0 Å². The molecule has 0 spiro atoms. The molecular weight excluding hydrogens is 363 g/mol. The molecule has 0 fully saturated rings. The molecule has 0 heterocycles. The summed E-state index contributed by atoms with van der Waals surface area (Å²) in [5.41, 5.74) is -0.143. The molecule has 0 aliphatic heterocycles.